The molecule has 15 heteroatoms. The van der Waals surface area contributed by atoms with Gasteiger partial charge in [0, 0.05) is 19.0 Å². The van der Waals surface area contributed by atoms with Crippen molar-refractivity contribution in [2.75, 3.05) is 6.54 Å². The second-order valence-electron chi connectivity index (χ2n) is 14.1. The maximum atomic E-state index is 14.3. The van der Waals surface area contributed by atoms with E-state index in [0.717, 1.165) is 21.4 Å². The van der Waals surface area contributed by atoms with E-state index >= 15 is 0 Å². The van der Waals surface area contributed by atoms with Gasteiger partial charge in [-0.1, -0.05) is 127 Å². The first-order chi connectivity index (χ1) is 27.9. The highest BCUT2D eigenvalue weighted by Gasteiger charge is 2.39. The summed E-state index contributed by atoms with van der Waals surface area (Å²) >= 11 is 0. The third kappa shape index (κ3) is 8.83. The van der Waals surface area contributed by atoms with Gasteiger partial charge in [0.25, 0.3) is 5.91 Å². The highest BCUT2D eigenvalue weighted by Crippen LogP contribution is 2.40. The van der Waals surface area contributed by atoms with E-state index < -0.39 is 59.4 Å². The van der Waals surface area contributed by atoms with Crippen molar-refractivity contribution in [2.45, 2.75) is 49.9 Å². The Kier molecular flexibility index (Phi) is 12.2. The highest BCUT2D eigenvalue weighted by molar-refractivity contribution is 5.97. The molecule has 0 saturated carbocycles. The van der Waals surface area contributed by atoms with E-state index in [2.05, 4.69) is 26.3 Å². The lowest BCUT2D eigenvalue weighted by molar-refractivity contribution is -0.146. The van der Waals surface area contributed by atoms with Gasteiger partial charge >= 0.3 is 11.9 Å². The van der Waals surface area contributed by atoms with Gasteiger partial charge in [0.05, 0.1) is 18.2 Å². The molecular weight excluding hydrogens is 741 g/mol. The number of nitrogens with zero attached hydrogens (tertiary/aromatic N) is 5. The van der Waals surface area contributed by atoms with Gasteiger partial charge in [0.2, 0.25) is 11.8 Å². The van der Waals surface area contributed by atoms with E-state index in [-0.39, 0.29) is 18.5 Å². The second-order valence-corrected chi connectivity index (χ2v) is 14.1. The number of hydrogen-bond acceptors (Lipinski definition) is 8. The number of rotatable bonds is 17. The first-order valence-corrected chi connectivity index (χ1v) is 18.4. The van der Waals surface area contributed by atoms with Gasteiger partial charge in [-0.25, -0.2) is 14.5 Å². The zero-order chi connectivity index (χ0) is 41.3. The minimum atomic E-state index is -1.54. The standard InChI is InChI=1S/C43H42N8O7/c1-42(2,41(57)58)51-27-36(48-49-51)40(56)47-35(39(55)46-34(38(54)44-25-37(52)53)23-29-15-7-3-8-16-29)24-33-26-50(28-45-33)43(30-17-9-4-10-18-30,31-19-11-5-12-20-31)32-21-13-6-14-22-32/h3-22,26-28,34-35H,23-25H2,1-2H3,(H,44,54)(H,46,55)(H,47,56)(H,52,53)(H,57,58)/t34-,35-/m0/s1. The number of imidazole rings is 1. The van der Waals surface area contributed by atoms with Crippen molar-refractivity contribution in [2.24, 2.45) is 0 Å². The van der Waals surface area contributed by atoms with Crippen LogP contribution in [0.4, 0.5) is 0 Å². The Bertz CT molecular complexity index is 2270. The van der Waals surface area contributed by atoms with Crippen molar-refractivity contribution in [3.63, 3.8) is 0 Å². The van der Waals surface area contributed by atoms with Gasteiger partial charge in [0.1, 0.15) is 24.2 Å². The number of carboxylic acid groups (broad SMARTS) is 2. The molecule has 296 valence electrons. The fourth-order valence-corrected chi connectivity index (χ4v) is 6.64. The van der Waals surface area contributed by atoms with Crippen LogP contribution in [-0.2, 0) is 43.1 Å². The first-order valence-electron chi connectivity index (χ1n) is 18.4. The third-order valence-electron chi connectivity index (χ3n) is 9.78. The van der Waals surface area contributed by atoms with Crippen molar-refractivity contribution >= 4 is 29.7 Å². The number of hydrogen-bond donors (Lipinski definition) is 5. The van der Waals surface area contributed by atoms with E-state index in [9.17, 15) is 34.2 Å². The number of aliphatic carboxylic acids is 2. The molecule has 2 atom stereocenters. The number of carbonyl (C=O) groups is 5. The molecule has 0 aliphatic carbocycles. The molecule has 0 unspecified atom stereocenters. The zero-order valence-corrected chi connectivity index (χ0v) is 31.7. The summed E-state index contributed by atoms with van der Waals surface area (Å²) in [6, 6.07) is 35.9. The van der Waals surface area contributed by atoms with E-state index in [4.69, 9.17) is 4.98 Å². The molecule has 6 aromatic rings. The molecule has 4 aromatic carbocycles. The van der Waals surface area contributed by atoms with E-state index in [1.807, 2.05) is 95.6 Å². The number of carbonyl (C=O) groups excluding carboxylic acids is 3. The number of amides is 3. The molecule has 3 amide bonds. The lowest BCUT2D eigenvalue weighted by atomic mass is 9.77. The van der Waals surface area contributed by atoms with Crippen LogP contribution in [0.2, 0.25) is 0 Å². The Hall–Kier alpha value is -7.42. The number of nitrogens with one attached hydrogen (secondary N) is 3. The third-order valence-corrected chi connectivity index (χ3v) is 9.78. The molecule has 0 bridgehead atoms. The normalized spacial score (nSPS) is 12.5. The molecule has 0 saturated heterocycles. The Morgan fingerprint density at radius 3 is 1.71 bits per heavy atom. The van der Waals surface area contributed by atoms with Crippen molar-refractivity contribution in [1.29, 1.82) is 0 Å². The lowest BCUT2D eigenvalue weighted by Crippen LogP contribution is -2.55. The van der Waals surface area contributed by atoms with Gasteiger partial charge in [-0.3, -0.25) is 19.2 Å². The van der Waals surface area contributed by atoms with Gasteiger partial charge in [-0.15, -0.1) is 5.10 Å². The van der Waals surface area contributed by atoms with Crippen LogP contribution in [0.5, 0.6) is 0 Å². The van der Waals surface area contributed by atoms with Crippen molar-refractivity contribution in [3.05, 3.63) is 174 Å². The molecule has 0 aliphatic heterocycles. The largest absolute Gasteiger partial charge is 0.480 e. The van der Waals surface area contributed by atoms with Crippen LogP contribution >= 0.6 is 0 Å². The summed E-state index contributed by atoms with van der Waals surface area (Å²) in [6.45, 7) is 2.10. The van der Waals surface area contributed by atoms with Crippen molar-refractivity contribution < 1.29 is 34.2 Å². The van der Waals surface area contributed by atoms with Crippen LogP contribution < -0.4 is 16.0 Å². The number of carboxylic acids is 2. The molecule has 0 aliphatic rings. The minimum Gasteiger partial charge on any atom is -0.480 e. The fraction of sp³-hybridized carbons (Fsp3) is 0.209. The van der Waals surface area contributed by atoms with Crippen LogP contribution in [0.15, 0.2) is 140 Å². The minimum absolute atomic E-state index is 0.0136. The molecule has 0 radical (unpaired) electrons. The maximum Gasteiger partial charge on any atom is 0.331 e. The van der Waals surface area contributed by atoms with Gasteiger partial charge < -0.3 is 30.7 Å². The summed E-state index contributed by atoms with van der Waals surface area (Å²) in [5, 5.41) is 34.4. The van der Waals surface area contributed by atoms with E-state index in [0.29, 0.717) is 11.3 Å². The Balaban J connectivity index is 1.39. The maximum absolute atomic E-state index is 14.3. The first kappa shape index (κ1) is 40.2. The molecule has 2 aromatic heterocycles. The zero-order valence-electron chi connectivity index (χ0n) is 31.7. The summed E-state index contributed by atoms with van der Waals surface area (Å²) in [5.41, 5.74) is 1.18. The summed E-state index contributed by atoms with van der Waals surface area (Å²) in [5.74, 6) is -4.83. The molecule has 5 N–H and O–H groups in total. The predicted molar refractivity (Wildman–Crippen MR) is 211 cm³/mol. The van der Waals surface area contributed by atoms with Gasteiger partial charge in [-0.05, 0) is 36.1 Å². The molecule has 2 heterocycles. The summed E-state index contributed by atoms with van der Waals surface area (Å²) in [4.78, 5) is 69.3. The monoisotopic (exact) mass is 782 g/mol. The molecule has 58 heavy (non-hydrogen) atoms. The molecule has 0 fully saturated rings. The molecule has 6 rings (SSSR count). The molecule has 15 nitrogen and oxygen atoms in total. The predicted octanol–water partition coefficient (Wildman–Crippen LogP) is 3.40. The topological polar surface area (TPSA) is 210 Å². The van der Waals surface area contributed by atoms with E-state index in [1.165, 1.54) is 20.0 Å². The number of aromatic nitrogens is 5. The van der Waals surface area contributed by atoms with Crippen LogP contribution in [0.25, 0.3) is 0 Å². The van der Waals surface area contributed by atoms with Crippen molar-refractivity contribution in [1.82, 2.24) is 40.5 Å². The van der Waals surface area contributed by atoms with Gasteiger partial charge in [0.15, 0.2) is 11.2 Å². The van der Waals surface area contributed by atoms with Gasteiger partial charge in [-0.2, -0.15) is 0 Å². The fourth-order valence-electron chi connectivity index (χ4n) is 6.64. The number of benzene rings is 4. The average molecular weight is 783 g/mol. The molecular formula is C43H42N8O7. The quantitative estimate of drug-likeness (QED) is 0.0852. The van der Waals surface area contributed by atoms with Crippen LogP contribution in [-0.4, -0.2) is 83.0 Å². The lowest BCUT2D eigenvalue weighted by Gasteiger charge is -2.37. The Morgan fingerprint density at radius 2 is 1.19 bits per heavy atom. The SMILES string of the molecule is CC(C)(C(=O)O)n1cc(C(=O)N[C@@H](Cc2cn(C(c3ccccc3)(c3ccccc3)c3ccccc3)cn2)C(=O)N[C@@H](Cc2ccccc2)C(=O)NCC(=O)O)nn1. The van der Waals surface area contributed by atoms with Crippen LogP contribution in [0.3, 0.4) is 0 Å². The summed E-state index contributed by atoms with van der Waals surface area (Å²) in [7, 11) is 0. The van der Waals surface area contributed by atoms with Crippen LogP contribution in [0.1, 0.15) is 52.3 Å². The average Bonchev–Trinajstić information content (AvgIpc) is 3.93. The van der Waals surface area contributed by atoms with E-state index in [1.54, 1.807) is 42.9 Å². The van der Waals surface area contributed by atoms with Crippen molar-refractivity contribution in [3.8, 4) is 0 Å². The van der Waals surface area contributed by atoms with Crippen LogP contribution in [0, 0.1) is 0 Å². The second kappa shape index (κ2) is 17.6. The Morgan fingerprint density at radius 1 is 0.672 bits per heavy atom. The summed E-state index contributed by atoms with van der Waals surface area (Å²) in [6.07, 6.45) is 4.48. The Labute approximate surface area is 333 Å². The smallest absolute Gasteiger partial charge is 0.331 e. The summed E-state index contributed by atoms with van der Waals surface area (Å²) < 4.78 is 2.98. The highest BCUT2D eigenvalue weighted by atomic mass is 16.4. The molecule has 0 spiro atoms.